The quantitative estimate of drug-likeness (QED) is 0.390. The van der Waals surface area contributed by atoms with Crippen LogP contribution in [-0.4, -0.2) is 28.2 Å². The summed E-state index contributed by atoms with van der Waals surface area (Å²) in [6, 6.07) is 7.10. The fourth-order valence-corrected chi connectivity index (χ4v) is 3.75. The van der Waals surface area contributed by atoms with Gasteiger partial charge in [0.2, 0.25) is 11.7 Å². The third-order valence-electron chi connectivity index (χ3n) is 3.98. The summed E-state index contributed by atoms with van der Waals surface area (Å²) < 4.78 is 0. The first-order valence-electron chi connectivity index (χ1n) is 8.11. The van der Waals surface area contributed by atoms with Crippen molar-refractivity contribution >= 4 is 56.7 Å². The predicted molar refractivity (Wildman–Crippen MR) is 107 cm³/mol. The molecule has 3 aromatic rings. The van der Waals surface area contributed by atoms with Gasteiger partial charge in [-0.1, -0.05) is 17.7 Å². The smallest absolute Gasteiger partial charge is 0.225 e. The van der Waals surface area contributed by atoms with Gasteiger partial charge < -0.3 is 4.98 Å². The average molecular weight is 399 g/mol. The Morgan fingerprint density at radius 3 is 2.89 bits per heavy atom. The highest BCUT2D eigenvalue weighted by Gasteiger charge is 2.18. The summed E-state index contributed by atoms with van der Waals surface area (Å²) in [5.41, 5.74) is 1.54. The predicted octanol–water partition coefficient (Wildman–Crippen LogP) is 4.44. The number of nitrogens with one attached hydrogen (secondary N) is 1. The first-order valence-corrected chi connectivity index (χ1v) is 9.37. The molecule has 6 nitrogen and oxygen atoms in total. The lowest BCUT2D eigenvalue weighted by molar-refractivity contribution is -0.116. The number of nitriles is 1. The minimum atomic E-state index is -0.403. The van der Waals surface area contributed by atoms with Crippen LogP contribution in [0.4, 0.5) is 5.13 Å². The van der Waals surface area contributed by atoms with Crippen LogP contribution in [0.5, 0.6) is 0 Å². The monoisotopic (exact) mass is 398 g/mol. The maximum absolute atomic E-state index is 12.8. The third kappa shape index (κ3) is 3.77. The molecule has 1 N–H and O–H groups in total. The van der Waals surface area contributed by atoms with E-state index < -0.39 is 5.78 Å². The molecule has 136 valence electrons. The molecule has 2 aromatic heterocycles. The van der Waals surface area contributed by atoms with Crippen LogP contribution in [0.15, 0.2) is 35.3 Å². The van der Waals surface area contributed by atoms with Crippen molar-refractivity contribution in [3.05, 3.63) is 51.6 Å². The van der Waals surface area contributed by atoms with E-state index in [9.17, 15) is 14.9 Å². The molecule has 1 aromatic carbocycles. The molecule has 0 unspecified atom stereocenters. The number of ketones is 1. The highest BCUT2D eigenvalue weighted by molar-refractivity contribution is 7.14. The molecule has 27 heavy (non-hydrogen) atoms. The second-order valence-corrected chi connectivity index (χ2v) is 6.98. The van der Waals surface area contributed by atoms with Gasteiger partial charge in [-0.2, -0.15) is 5.26 Å². The molecular formula is C19H15ClN4O2S. The van der Waals surface area contributed by atoms with E-state index in [-0.39, 0.29) is 11.5 Å². The zero-order valence-electron chi connectivity index (χ0n) is 14.6. The minimum absolute atomic E-state index is 0.0337. The second kappa shape index (κ2) is 7.74. The Hall–Kier alpha value is -2.95. The van der Waals surface area contributed by atoms with Crippen LogP contribution < -0.4 is 4.90 Å². The number of benzene rings is 1. The van der Waals surface area contributed by atoms with Gasteiger partial charge in [-0.3, -0.25) is 14.5 Å². The number of allylic oxidation sites excluding steroid dienone is 1. The highest BCUT2D eigenvalue weighted by Crippen LogP contribution is 2.26. The SMILES string of the molecule is CCN(C(C)=O)c1nc(/C=C(/C#N)C(=O)c2c[nH]c3cc(Cl)ccc23)cs1. The molecule has 0 radical (unpaired) electrons. The number of halogens is 1. The van der Waals surface area contributed by atoms with Crippen LogP contribution in [-0.2, 0) is 4.79 Å². The van der Waals surface area contributed by atoms with Gasteiger partial charge in [-0.05, 0) is 25.1 Å². The van der Waals surface area contributed by atoms with Crippen molar-refractivity contribution in [1.29, 1.82) is 5.26 Å². The van der Waals surface area contributed by atoms with E-state index in [2.05, 4.69) is 9.97 Å². The fourth-order valence-electron chi connectivity index (χ4n) is 2.69. The minimum Gasteiger partial charge on any atom is -0.360 e. The average Bonchev–Trinajstić information content (AvgIpc) is 3.26. The maximum atomic E-state index is 12.8. The summed E-state index contributed by atoms with van der Waals surface area (Å²) in [5.74, 6) is -0.518. The second-order valence-electron chi connectivity index (χ2n) is 5.71. The number of aromatic nitrogens is 2. The van der Waals surface area contributed by atoms with E-state index in [0.29, 0.717) is 33.3 Å². The molecule has 2 heterocycles. The summed E-state index contributed by atoms with van der Waals surface area (Å²) >= 11 is 7.25. The molecule has 0 spiro atoms. The molecule has 8 heteroatoms. The molecule has 0 atom stereocenters. The van der Waals surface area contributed by atoms with Gasteiger partial charge in [-0.25, -0.2) is 4.98 Å². The number of Topliss-reactive ketones (excluding diaryl/α,β-unsaturated/α-hetero) is 1. The van der Waals surface area contributed by atoms with E-state index in [0.717, 1.165) is 5.52 Å². The number of H-pyrrole nitrogens is 1. The Labute approximate surface area is 164 Å². The topological polar surface area (TPSA) is 89.8 Å². The van der Waals surface area contributed by atoms with Gasteiger partial charge in [0.25, 0.3) is 0 Å². The van der Waals surface area contributed by atoms with Crippen LogP contribution in [0.25, 0.3) is 17.0 Å². The molecule has 0 saturated carbocycles. The van der Waals surface area contributed by atoms with Gasteiger partial charge in [0, 0.05) is 46.5 Å². The molecule has 0 fully saturated rings. The van der Waals surface area contributed by atoms with Crippen molar-refractivity contribution in [3.8, 4) is 6.07 Å². The largest absolute Gasteiger partial charge is 0.360 e. The molecule has 1 amide bonds. The third-order valence-corrected chi connectivity index (χ3v) is 5.10. The van der Waals surface area contributed by atoms with Crippen molar-refractivity contribution in [2.75, 3.05) is 11.4 Å². The van der Waals surface area contributed by atoms with Crippen LogP contribution in [0.1, 0.15) is 29.9 Å². The molecule has 0 aliphatic heterocycles. The number of rotatable bonds is 5. The standard InChI is InChI=1S/C19H15ClN4O2S/c1-3-24(11(2)25)19-23-14(10-27-19)6-12(8-21)18(26)16-9-22-17-7-13(20)4-5-15(16)17/h4-7,9-10,22H,3H2,1-2H3/b12-6-. The van der Waals surface area contributed by atoms with Gasteiger partial charge in [0.15, 0.2) is 5.13 Å². The van der Waals surface area contributed by atoms with Gasteiger partial charge >= 0.3 is 0 Å². The van der Waals surface area contributed by atoms with Crippen molar-refractivity contribution in [3.63, 3.8) is 0 Å². The summed E-state index contributed by atoms with van der Waals surface area (Å²) in [6.45, 7) is 3.81. The van der Waals surface area contributed by atoms with Crippen molar-refractivity contribution < 1.29 is 9.59 Å². The summed E-state index contributed by atoms with van der Waals surface area (Å²) in [5, 5.41) is 13.0. The Balaban J connectivity index is 1.94. The lowest BCUT2D eigenvalue weighted by Crippen LogP contribution is -2.27. The highest BCUT2D eigenvalue weighted by atomic mass is 35.5. The zero-order valence-corrected chi connectivity index (χ0v) is 16.2. The van der Waals surface area contributed by atoms with Gasteiger partial charge in [-0.15, -0.1) is 11.3 Å². The number of carbonyl (C=O) groups excluding carboxylic acids is 2. The number of fused-ring (bicyclic) bond motifs is 1. The Bertz CT molecular complexity index is 1110. The molecule has 0 bridgehead atoms. The van der Waals surface area contributed by atoms with E-state index in [1.165, 1.54) is 29.2 Å². The molecular weight excluding hydrogens is 384 g/mol. The lowest BCUT2D eigenvalue weighted by Gasteiger charge is -2.14. The number of amides is 1. The number of carbonyl (C=O) groups is 2. The zero-order chi connectivity index (χ0) is 19.6. The number of anilines is 1. The lowest BCUT2D eigenvalue weighted by atomic mass is 10.0. The van der Waals surface area contributed by atoms with E-state index in [1.54, 1.807) is 29.8 Å². The Kier molecular flexibility index (Phi) is 5.40. The first-order chi connectivity index (χ1) is 12.9. The van der Waals surface area contributed by atoms with Gasteiger partial charge in [0.1, 0.15) is 11.6 Å². The summed E-state index contributed by atoms with van der Waals surface area (Å²) in [4.78, 5) is 33.3. The van der Waals surface area contributed by atoms with Crippen molar-refractivity contribution in [1.82, 2.24) is 9.97 Å². The van der Waals surface area contributed by atoms with E-state index in [1.807, 2.05) is 13.0 Å². The van der Waals surface area contributed by atoms with Gasteiger partial charge in [0.05, 0.1) is 5.69 Å². The number of hydrogen-bond donors (Lipinski definition) is 1. The van der Waals surface area contributed by atoms with E-state index in [4.69, 9.17) is 11.6 Å². The number of aromatic amines is 1. The molecule has 0 aliphatic rings. The Morgan fingerprint density at radius 2 is 2.22 bits per heavy atom. The van der Waals surface area contributed by atoms with Crippen LogP contribution in [0, 0.1) is 11.3 Å². The number of nitrogens with zero attached hydrogens (tertiary/aromatic N) is 3. The normalized spacial score (nSPS) is 11.4. The summed E-state index contributed by atoms with van der Waals surface area (Å²) in [7, 11) is 0. The molecule has 0 aliphatic carbocycles. The van der Waals surface area contributed by atoms with E-state index >= 15 is 0 Å². The van der Waals surface area contributed by atoms with Crippen molar-refractivity contribution in [2.45, 2.75) is 13.8 Å². The molecule has 0 saturated heterocycles. The van der Waals surface area contributed by atoms with Crippen LogP contribution in [0.2, 0.25) is 5.02 Å². The van der Waals surface area contributed by atoms with Crippen LogP contribution >= 0.6 is 22.9 Å². The number of hydrogen-bond acceptors (Lipinski definition) is 5. The fraction of sp³-hybridized carbons (Fsp3) is 0.158. The first kappa shape index (κ1) is 18.8. The van der Waals surface area contributed by atoms with Crippen molar-refractivity contribution in [2.24, 2.45) is 0 Å². The Morgan fingerprint density at radius 1 is 1.44 bits per heavy atom. The summed E-state index contributed by atoms with van der Waals surface area (Å²) in [6.07, 6.45) is 3.00. The van der Waals surface area contributed by atoms with Crippen LogP contribution in [0.3, 0.4) is 0 Å². The number of thiazole rings is 1. The maximum Gasteiger partial charge on any atom is 0.225 e. The molecule has 3 rings (SSSR count).